The lowest BCUT2D eigenvalue weighted by Gasteiger charge is -2.40. The van der Waals surface area contributed by atoms with Crippen molar-refractivity contribution in [3.8, 4) is 0 Å². The summed E-state index contributed by atoms with van der Waals surface area (Å²) in [6, 6.07) is 21.4. The summed E-state index contributed by atoms with van der Waals surface area (Å²) >= 11 is 0. The van der Waals surface area contributed by atoms with Crippen molar-refractivity contribution in [2.45, 2.75) is 95.1 Å². The first-order valence-electron chi connectivity index (χ1n) is 20.7. The molecule has 0 fully saturated rings. The molecule has 0 bridgehead atoms. The Bertz CT molecular complexity index is 2090. The van der Waals surface area contributed by atoms with Gasteiger partial charge in [0.25, 0.3) is 0 Å². The second kappa shape index (κ2) is 13.4. The number of hydrogen-bond donors (Lipinski definition) is 0. The smallest absolute Gasteiger partial charge is 0.0583 e. The van der Waals surface area contributed by atoms with Gasteiger partial charge in [-0.1, -0.05) is 135 Å². The van der Waals surface area contributed by atoms with Gasteiger partial charge in [0, 0.05) is 34.7 Å². The van der Waals surface area contributed by atoms with E-state index in [1.165, 1.54) is 77.2 Å². The van der Waals surface area contributed by atoms with E-state index >= 15 is 0 Å². The average molecular weight is 695 g/mol. The maximum Gasteiger partial charge on any atom is 0.0583 e. The number of rotatable bonds is 6. The van der Waals surface area contributed by atoms with Gasteiger partial charge in [0.1, 0.15) is 0 Å². The summed E-state index contributed by atoms with van der Waals surface area (Å²) in [5.74, 6) is 2.59. The van der Waals surface area contributed by atoms with Crippen molar-refractivity contribution in [1.29, 1.82) is 0 Å². The molecule has 10 rings (SSSR count). The normalized spacial score (nSPS) is 32.0. The molecule has 0 saturated carbocycles. The standard InChI is InChI=1S/C51H54N2/c1-51(2)47-22-11-9-20-43(47)44-30-29-42(34-48(44)51)52(41-19-13-16-37(32-41)35-14-5-3-6-15-35)40-27-24-36(25-28-40)38-26-31-50-46(33-38)45-21-10-12-23-49(45)53(50)39-17-7-4-8-18-39/h3,5-7,9-12,14-15,17,19-24,26-31,36-39,45,48-49H,4,8,13,16,18,25,32-34H2,1-2H3. The van der Waals surface area contributed by atoms with Crippen molar-refractivity contribution in [3.63, 3.8) is 0 Å². The molecule has 1 heterocycles. The number of benzene rings is 2. The van der Waals surface area contributed by atoms with E-state index in [0.717, 1.165) is 25.7 Å². The van der Waals surface area contributed by atoms with E-state index in [1.54, 1.807) is 5.57 Å². The maximum absolute atomic E-state index is 2.76. The first-order chi connectivity index (χ1) is 26.0. The maximum atomic E-state index is 2.76. The van der Waals surface area contributed by atoms with Crippen molar-refractivity contribution < 1.29 is 0 Å². The molecular formula is C51H54N2. The fourth-order valence-corrected chi connectivity index (χ4v) is 11.3. The van der Waals surface area contributed by atoms with Gasteiger partial charge < -0.3 is 9.80 Å². The number of allylic oxidation sites excluding steroid dienone is 14. The molecule has 53 heavy (non-hydrogen) atoms. The average Bonchev–Trinajstić information content (AvgIpc) is 3.67. The third-order valence-electron chi connectivity index (χ3n) is 14.1. The van der Waals surface area contributed by atoms with Crippen LogP contribution in [0.15, 0.2) is 168 Å². The minimum atomic E-state index is 0.106. The Morgan fingerprint density at radius 3 is 2.43 bits per heavy atom. The molecule has 7 unspecified atom stereocenters. The second-order valence-corrected chi connectivity index (χ2v) is 17.4. The van der Waals surface area contributed by atoms with E-state index in [2.05, 4.69) is 163 Å². The highest BCUT2D eigenvalue weighted by molar-refractivity contribution is 5.80. The van der Waals surface area contributed by atoms with Crippen LogP contribution in [-0.2, 0) is 5.41 Å². The Kier molecular flexibility index (Phi) is 8.34. The molecule has 268 valence electrons. The van der Waals surface area contributed by atoms with Crippen LogP contribution in [0.5, 0.6) is 0 Å². The lowest BCUT2D eigenvalue weighted by molar-refractivity contribution is 0.240. The zero-order chi connectivity index (χ0) is 35.5. The second-order valence-electron chi connectivity index (χ2n) is 17.4. The van der Waals surface area contributed by atoms with Crippen LogP contribution in [0, 0.1) is 23.7 Å². The third-order valence-corrected chi connectivity index (χ3v) is 14.1. The van der Waals surface area contributed by atoms with Crippen molar-refractivity contribution in [2.75, 3.05) is 0 Å². The van der Waals surface area contributed by atoms with E-state index in [0.29, 0.717) is 41.7 Å². The lowest BCUT2D eigenvalue weighted by atomic mass is 9.73. The van der Waals surface area contributed by atoms with Crippen LogP contribution in [0.3, 0.4) is 0 Å². The molecule has 0 saturated heterocycles. The Morgan fingerprint density at radius 2 is 1.58 bits per heavy atom. The molecule has 0 amide bonds. The first kappa shape index (κ1) is 33.0. The Balaban J connectivity index is 0.934. The zero-order valence-corrected chi connectivity index (χ0v) is 31.6. The molecule has 2 aromatic carbocycles. The zero-order valence-electron chi connectivity index (χ0n) is 31.6. The van der Waals surface area contributed by atoms with E-state index in [-0.39, 0.29) is 5.41 Å². The SMILES string of the molecule is CC1(C)c2ccccc2C2=CC=C(N(C3=CCC(C4C=CC5=C(C4)C4C=CC=CC4N5C4C=CCCC4)C=C3)C3=CCCC(c4ccccc4)C3)CC21. The molecule has 0 aromatic heterocycles. The molecule has 7 aliphatic carbocycles. The summed E-state index contributed by atoms with van der Waals surface area (Å²) in [6.07, 6.45) is 45.2. The molecular weight excluding hydrogens is 641 g/mol. The fraction of sp³-hybridized carbons (Fsp3) is 0.373. The highest BCUT2D eigenvalue weighted by Gasteiger charge is 2.45. The van der Waals surface area contributed by atoms with Crippen molar-refractivity contribution in [3.05, 3.63) is 185 Å². The van der Waals surface area contributed by atoms with E-state index < -0.39 is 0 Å². The summed E-state index contributed by atoms with van der Waals surface area (Å²) in [7, 11) is 0. The van der Waals surface area contributed by atoms with Gasteiger partial charge in [-0.25, -0.2) is 0 Å². The summed E-state index contributed by atoms with van der Waals surface area (Å²) in [5.41, 5.74) is 13.5. The number of fused-ring (bicyclic) bond motifs is 5. The van der Waals surface area contributed by atoms with Crippen LogP contribution in [0.1, 0.15) is 94.2 Å². The molecule has 2 heteroatoms. The Morgan fingerprint density at radius 1 is 0.736 bits per heavy atom. The minimum absolute atomic E-state index is 0.106. The number of hydrogen-bond acceptors (Lipinski definition) is 2. The van der Waals surface area contributed by atoms with Crippen molar-refractivity contribution >= 4 is 5.57 Å². The van der Waals surface area contributed by atoms with E-state index in [1.807, 2.05) is 0 Å². The lowest BCUT2D eigenvalue weighted by Crippen LogP contribution is -2.40. The van der Waals surface area contributed by atoms with Crippen LogP contribution in [0.2, 0.25) is 0 Å². The van der Waals surface area contributed by atoms with Crippen molar-refractivity contribution in [2.24, 2.45) is 23.7 Å². The molecule has 2 aromatic rings. The highest BCUT2D eigenvalue weighted by atomic mass is 15.2. The quantitative estimate of drug-likeness (QED) is 0.278. The number of nitrogens with zero attached hydrogens (tertiary/aromatic N) is 2. The molecule has 7 atom stereocenters. The predicted molar refractivity (Wildman–Crippen MR) is 220 cm³/mol. The van der Waals surface area contributed by atoms with Gasteiger partial charge in [-0.05, 0) is 133 Å². The van der Waals surface area contributed by atoms with Crippen LogP contribution in [0.4, 0.5) is 0 Å². The Hall–Kier alpha value is -4.56. The van der Waals surface area contributed by atoms with Gasteiger partial charge in [-0.3, -0.25) is 0 Å². The fourth-order valence-electron chi connectivity index (χ4n) is 11.3. The minimum Gasteiger partial charge on any atom is -0.358 e. The van der Waals surface area contributed by atoms with Gasteiger partial charge in [0.2, 0.25) is 0 Å². The predicted octanol–water partition coefficient (Wildman–Crippen LogP) is 12.2. The monoisotopic (exact) mass is 694 g/mol. The van der Waals surface area contributed by atoms with Gasteiger partial charge >= 0.3 is 0 Å². The molecule has 8 aliphatic rings. The summed E-state index contributed by atoms with van der Waals surface area (Å²) in [5, 5.41) is 0. The Labute approximate surface area is 317 Å². The van der Waals surface area contributed by atoms with Crippen molar-refractivity contribution in [1.82, 2.24) is 9.80 Å². The highest BCUT2D eigenvalue weighted by Crippen LogP contribution is 2.55. The molecule has 2 nitrogen and oxygen atoms in total. The van der Waals surface area contributed by atoms with Crippen LogP contribution in [0.25, 0.3) is 5.57 Å². The summed E-state index contributed by atoms with van der Waals surface area (Å²) in [6.45, 7) is 4.94. The van der Waals surface area contributed by atoms with Gasteiger partial charge in [0.05, 0.1) is 6.04 Å². The summed E-state index contributed by atoms with van der Waals surface area (Å²) < 4.78 is 0. The van der Waals surface area contributed by atoms with Crippen LogP contribution < -0.4 is 0 Å². The molecule has 1 aliphatic heterocycles. The topological polar surface area (TPSA) is 6.48 Å². The van der Waals surface area contributed by atoms with E-state index in [4.69, 9.17) is 0 Å². The molecule has 0 N–H and O–H groups in total. The van der Waals surface area contributed by atoms with Gasteiger partial charge in [-0.2, -0.15) is 0 Å². The largest absolute Gasteiger partial charge is 0.358 e. The van der Waals surface area contributed by atoms with Crippen LogP contribution in [-0.4, -0.2) is 21.9 Å². The molecule has 0 spiro atoms. The van der Waals surface area contributed by atoms with Gasteiger partial charge in [-0.15, -0.1) is 0 Å². The molecule has 0 radical (unpaired) electrons. The van der Waals surface area contributed by atoms with Gasteiger partial charge in [0.15, 0.2) is 0 Å². The summed E-state index contributed by atoms with van der Waals surface area (Å²) in [4.78, 5) is 5.46. The third kappa shape index (κ3) is 5.67. The van der Waals surface area contributed by atoms with Crippen LogP contribution >= 0.6 is 0 Å². The van der Waals surface area contributed by atoms with E-state index in [9.17, 15) is 0 Å². The first-order valence-corrected chi connectivity index (χ1v) is 20.7.